The smallest absolute Gasteiger partial charge is 0.335 e. The van der Waals surface area contributed by atoms with Gasteiger partial charge >= 0.3 is 5.97 Å². The minimum Gasteiger partial charge on any atom is -0.478 e. The number of carboxylic acid groups (broad SMARTS) is 1. The number of hydrogen-bond acceptors (Lipinski definition) is 2. The third-order valence-electron chi connectivity index (χ3n) is 3.09. The van der Waals surface area contributed by atoms with E-state index in [-0.39, 0.29) is 11.5 Å². The normalized spacial score (nSPS) is 12.2. The molecule has 98 valence electrons. The van der Waals surface area contributed by atoms with Crippen LogP contribution < -0.4 is 5.32 Å². The molecule has 4 nitrogen and oxygen atoms in total. The van der Waals surface area contributed by atoms with Crippen molar-refractivity contribution >= 4 is 11.9 Å². The van der Waals surface area contributed by atoms with E-state index >= 15 is 0 Å². The number of nitrogens with one attached hydrogen (secondary N) is 1. The van der Waals surface area contributed by atoms with Crippen LogP contribution in [0.5, 0.6) is 0 Å². The summed E-state index contributed by atoms with van der Waals surface area (Å²) >= 11 is 0. The molecule has 1 aromatic rings. The highest BCUT2D eigenvalue weighted by molar-refractivity contribution is 5.97. The van der Waals surface area contributed by atoms with E-state index in [4.69, 9.17) is 5.11 Å². The van der Waals surface area contributed by atoms with Gasteiger partial charge in [-0.1, -0.05) is 26.8 Å². The SMILES string of the molecule is CC(C)C(C)CNC(=O)c1cccc(C(=O)O)c1. The predicted octanol–water partition coefficient (Wildman–Crippen LogP) is 2.41. The first kappa shape index (κ1) is 14.2. The van der Waals surface area contributed by atoms with Gasteiger partial charge in [-0.25, -0.2) is 4.79 Å². The number of hydrogen-bond donors (Lipinski definition) is 2. The van der Waals surface area contributed by atoms with Gasteiger partial charge in [0, 0.05) is 12.1 Å². The fraction of sp³-hybridized carbons (Fsp3) is 0.429. The molecule has 0 heterocycles. The van der Waals surface area contributed by atoms with Crippen LogP contribution in [-0.2, 0) is 0 Å². The summed E-state index contributed by atoms with van der Waals surface area (Å²) in [5.74, 6) is -0.377. The van der Waals surface area contributed by atoms with Gasteiger partial charge in [-0.15, -0.1) is 0 Å². The fourth-order valence-corrected chi connectivity index (χ4v) is 1.38. The molecule has 0 radical (unpaired) electrons. The highest BCUT2D eigenvalue weighted by atomic mass is 16.4. The third-order valence-corrected chi connectivity index (χ3v) is 3.09. The Hall–Kier alpha value is -1.84. The van der Waals surface area contributed by atoms with E-state index in [0.29, 0.717) is 23.9 Å². The Balaban J connectivity index is 2.67. The van der Waals surface area contributed by atoms with Crippen molar-refractivity contribution in [1.29, 1.82) is 0 Å². The Morgan fingerprint density at radius 2 is 1.83 bits per heavy atom. The van der Waals surface area contributed by atoms with Crippen molar-refractivity contribution in [3.05, 3.63) is 35.4 Å². The van der Waals surface area contributed by atoms with Gasteiger partial charge in [-0.2, -0.15) is 0 Å². The molecule has 0 saturated heterocycles. The predicted molar refractivity (Wildman–Crippen MR) is 69.7 cm³/mol. The molecule has 1 amide bonds. The summed E-state index contributed by atoms with van der Waals surface area (Å²) in [6.07, 6.45) is 0. The average molecular weight is 249 g/mol. The summed E-state index contributed by atoms with van der Waals surface area (Å²) in [6.45, 7) is 6.86. The van der Waals surface area contributed by atoms with Gasteiger partial charge < -0.3 is 10.4 Å². The number of carboxylic acids is 1. The van der Waals surface area contributed by atoms with Crippen LogP contribution in [0.3, 0.4) is 0 Å². The minimum absolute atomic E-state index is 0.125. The highest BCUT2D eigenvalue weighted by Crippen LogP contribution is 2.09. The quantitative estimate of drug-likeness (QED) is 0.842. The molecule has 0 aromatic heterocycles. The van der Waals surface area contributed by atoms with Crippen LogP contribution >= 0.6 is 0 Å². The van der Waals surface area contributed by atoms with Crippen LogP contribution in [0, 0.1) is 11.8 Å². The minimum atomic E-state index is -1.03. The van der Waals surface area contributed by atoms with E-state index in [1.807, 2.05) is 0 Å². The summed E-state index contributed by atoms with van der Waals surface area (Å²) in [5, 5.41) is 11.7. The standard InChI is InChI=1S/C14H19NO3/c1-9(2)10(3)8-15-13(16)11-5-4-6-12(7-11)14(17)18/h4-7,9-10H,8H2,1-3H3,(H,15,16)(H,17,18). The number of amides is 1. The Morgan fingerprint density at radius 1 is 1.22 bits per heavy atom. The molecule has 0 aliphatic rings. The van der Waals surface area contributed by atoms with Gasteiger partial charge in [0.25, 0.3) is 5.91 Å². The number of carbonyl (C=O) groups is 2. The molecule has 1 aromatic carbocycles. The molecule has 1 atom stereocenters. The molecule has 1 rings (SSSR count). The molecule has 0 spiro atoms. The Kier molecular flexibility index (Phi) is 4.89. The van der Waals surface area contributed by atoms with Gasteiger partial charge in [0.05, 0.1) is 5.56 Å². The number of rotatable bonds is 5. The molecule has 0 aliphatic heterocycles. The number of benzene rings is 1. The van der Waals surface area contributed by atoms with Crippen molar-refractivity contribution in [2.45, 2.75) is 20.8 Å². The zero-order valence-electron chi connectivity index (χ0n) is 10.9. The Bertz CT molecular complexity index is 440. The van der Waals surface area contributed by atoms with Gasteiger partial charge in [-0.05, 0) is 30.0 Å². The molecule has 0 bridgehead atoms. The van der Waals surface area contributed by atoms with Gasteiger partial charge in [0.1, 0.15) is 0 Å². The first-order chi connectivity index (χ1) is 8.41. The molecule has 18 heavy (non-hydrogen) atoms. The fourth-order valence-electron chi connectivity index (χ4n) is 1.38. The van der Waals surface area contributed by atoms with Crippen LogP contribution in [0.15, 0.2) is 24.3 Å². The van der Waals surface area contributed by atoms with Crippen LogP contribution in [0.25, 0.3) is 0 Å². The lowest BCUT2D eigenvalue weighted by Crippen LogP contribution is -2.30. The van der Waals surface area contributed by atoms with Crippen molar-refractivity contribution in [1.82, 2.24) is 5.32 Å². The lowest BCUT2D eigenvalue weighted by atomic mass is 9.98. The molecule has 0 saturated carbocycles. The highest BCUT2D eigenvalue weighted by Gasteiger charge is 2.12. The second-order valence-electron chi connectivity index (χ2n) is 4.82. The summed E-state index contributed by atoms with van der Waals surface area (Å²) < 4.78 is 0. The maximum absolute atomic E-state index is 11.8. The van der Waals surface area contributed by atoms with E-state index in [1.54, 1.807) is 12.1 Å². The molecule has 0 aliphatic carbocycles. The van der Waals surface area contributed by atoms with Gasteiger partial charge in [0.15, 0.2) is 0 Å². The van der Waals surface area contributed by atoms with Crippen LogP contribution in [0.4, 0.5) is 0 Å². The lowest BCUT2D eigenvalue weighted by Gasteiger charge is -2.16. The Labute approximate surface area is 107 Å². The zero-order valence-corrected chi connectivity index (χ0v) is 10.9. The molecular weight excluding hydrogens is 230 g/mol. The molecule has 4 heteroatoms. The first-order valence-electron chi connectivity index (χ1n) is 6.03. The van der Waals surface area contributed by atoms with Crippen LogP contribution in [0.1, 0.15) is 41.5 Å². The second-order valence-corrected chi connectivity index (χ2v) is 4.82. The summed E-state index contributed by atoms with van der Waals surface area (Å²) in [5.41, 5.74) is 0.505. The Morgan fingerprint density at radius 3 is 2.39 bits per heavy atom. The zero-order chi connectivity index (χ0) is 13.7. The summed E-state index contributed by atoms with van der Waals surface area (Å²) in [4.78, 5) is 22.6. The number of aromatic carboxylic acids is 1. The van der Waals surface area contributed by atoms with E-state index in [1.165, 1.54) is 12.1 Å². The first-order valence-corrected chi connectivity index (χ1v) is 6.03. The lowest BCUT2D eigenvalue weighted by molar-refractivity contribution is 0.0697. The topological polar surface area (TPSA) is 66.4 Å². The van der Waals surface area contributed by atoms with Crippen molar-refractivity contribution in [2.24, 2.45) is 11.8 Å². The largest absolute Gasteiger partial charge is 0.478 e. The number of carbonyl (C=O) groups excluding carboxylic acids is 1. The molecule has 1 unspecified atom stereocenters. The maximum Gasteiger partial charge on any atom is 0.335 e. The monoisotopic (exact) mass is 249 g/mol. The van der Waals surface area contributed by atoms with E-state index < -0.39 is 5.97 Å². The van der Waals surface area contributed by atoms with E-state index in [9.17, 15) is 9.59 Å². The van der Waals surface area contributed by atoms with E-state index in [0.717, 1.165) is 0 Å². The maximum atomic E-state index is 11.8. The van der Waals surface area contributed by atoms with Crippen molar-refractivity contribution in [3.63, 3.8) is 0 Å². The van der Waals surface area contributed by atoms with Crippen molar-refractivity contribution < 1.29 is 14.7 Å². The molecule has 2 N–H and O–H groups in total. The second kappa shape index (κ2) is 6.19. The summed E-state index contributed by atoms with van der Waals surface area (Å²) in [7, 11) is 0. The third kappa shape index (κ3) is 3.87. The van der Waals surface area contributed by atoms with Crippen molar-refractivity contribution in [2.75, 3.05) is 6.54 Å². The van der Waals surface area contributed by atoms with Crippen molar-refractivity contribution in [3.8, 4) is 0 Å². The van der Waals surface area contributed by atoms with E-state index in [2.05, 4.69) is 26.1 Å². The van der Waals surface area contributed by atoms with Crippen LogP contribution in [-0.4, -0.2) is 23.5 Å². The summed E-state index contributed by atoms with van der Waals surface area (Å²) in [6, 6.07) is 6.04. The van der Waals surface area contributed by atoms with Gasteiger partial charge in [0.2, 0.25) is 0 Å². The van der Waals surface area contributed by atoms with Gasteiger partial charge in [-0.3, -0.25) is 4.79 Å². The molecular formula is C14H19NO3. The average Bonchev–Trinajstić information content (AvgIpc) is 2.35. The van der Waals surface area contributed by atoms with Crippen LogP contribution in [0.2, 0.25) is 0 Å². The molecule has 0 fully saturated rings.